The van der Waals surface area contributed by atoms with Gasteiger partial charge in [0.15, 0.2) is 0 Å². The molecule has 1 amide bonds. The zero-order chi connectivity index (χ0) is 20.9. The van der Waals surface area contributed by atoms with Gasteiger partial charge < -0.3 is 23.7 Å². The molecular formula is C19H22N2O8. The number of nitrogens with zero attached hydrogens (tertiary/aromatic N) is 2. The van der Waals surface area contributed by atoms with E-state index in [-0.39, 0.29) is 6.04 Å². The number of hydrogen-bond donors (Lipinski definition) is 0. The molecule has 2 fully saturated rings. The van der Waals surface area contributed by atoms with E-state index in [1.54, 1.807) is 22.1 Å². The SMILES string of the molecule is CO/C=C1/c2c(OC)cc(C(=O)OC)cc2N2C[C@H]3[C@H](N3C(=O)OC)C1(OC)O2. The number of carbonyl (C=O) groups is 2. The van der Waals surface area contributed by atoms with Crippen molar-refractivity contribution in [2.75, 3.05) is 47.2 Å². The Balaban J connectivity index is 1.93. The molecule has 156 valence electrons. The van der Waals surface area contributed by atoms with Gasteiger partial charge in [-0.25, -0.2) is 19.5 Å². The van der Waals surface area contributed by atoms with Crippen molar-refractivity contribution < 1.29 is 38.1 Å². The van der Waals surface area contributed by atoms with Gasteiger partial charge in [0, 0.05) is 7.11 Å². The summed E-state index contributed by atoms with van der Waals surface area (Å²) in [6, 6.07) is 2.63. The minimum atomic E-state index is -1.32. The second-order valence-electron chi connectivity index (χ2n) is 6.74. The van der Waals surface area contributed by atoms with Gasteiger partial charge in [0.1, 0.15) is 11.8 Å². The number of anilines is 1. The van der Waals surface area contributed by atoms with Gasteiger partial charge in [-0.15, -0.1) is 0 Å². The van der Waals surface area contributed by atoms with E-state index >= 15 is 0 Å². The Morgan fingerprint density at radius 3 is 2.52 bits per heavy atom. The van der Waals surface area contributed by atoms with Crippen LogP contribution in [0.3, 0.4) is 0 Å². The third-order valence-corrected chi connectivity index (χ3v) is 5.48. The largest absolute Gasteiger partial charge is 0.504 e. The van der Waals surface area contributed by atoms with Crippen LogP contribution in [-0.4, -0.2) is 76.9 Å². The van der Waals surface area contributed by atoms with Crippen LogP contribution in [0.2, 0.25) is 0 Å². The molecular weight excluding hydrogens is 384 g/mol. The van der Waals surface area contributed by atoms with Crippen LogP contribution in [0.4, 0.5) is 10.5 Å². The molecule has 0 radical (unpaired) electrons. The maximum absolute atomic E-state index is 12.3. The molecule has 3 heterocycles. The molecule has 0 spiro atoms. The monoisotopic (exact) mass is 406 g/mol. The fourth-order valence-corrected chi connectivity index (χ4v) is 4.21. The Kier molecular flexibility index (Phi) is 4.55. The lowest BCUT2D eigenvalue weighted by atomic mass is 9.88. The van der Waals surface area contributed by atoms with Crippen LogP contribution in [-0.2, 0) is 23.8 Å². The van der Waals surface area contributed by atoms with Gasteiger partial charge in [-0.05, 0) is 12.1 Å². The zero-order valence-corrected chi connectivity index (χ0v) is 16.8. The first-order valence-corrected chi connectivity index (χ1v) is 8.89. The molecule has 0 aromatic heterocycles. The number of amides is 1. The molecule has 3 aliphatic rings. The topological polar surface area (TPSA) is 95.8 Å². The molecule has 4 rings (SSSR count). The minimum absolute atomic E-state index is 0.197. The van der Waals surface area contributed by atoms with E-state index in [4.69, 9.17) is 28.5 Å². The Morgan fingerprint density at radius 2 is 1.93 bits per heavy atom. The van der Waals surface area contributed by atoms with Crippen molar-refractivity contribution in [1.82, 2.24) is 4.90 Å². The molecule has 10 nitrogen and oxygen atoms in total. The Bertz CT molecular complexity index is 900. The lowest BCUT2D eigenvalue weighted by Crippen LogP contribution is -2.56. The second kappa shape index (κ2) is 6.82. The van der Waals surface area contributed by atoms with Crippen molar-refractivity contribution >= 4 is 23.3 Å². The summed E-state index contributed by atoms with van der Waals surface area (Å²) in [5.41, 5.74) is 2.06. The highest BCUT2D eigenvalue weighted by molar-refractivity contribution is 5.96. The van der Waals surface area contributed by atoms with E-state index in [2.05, 4.69) is 0 Å². The van der Waals surface area contributed by atoms with Crippen molar-refractivity contribution in [1.29, 1.82) is 0 Å². The smallest absolute Gasteiger partial charge is 0.410 e. The van der Waals surface area contributed by atoms with Crippen molar-refractivity contribution in [2.45, 2.75) is 17.9 Å². The molecule has 1 aromatic rings. The molecule has 2 bridgehead atoms. The second-order valence-corrected chi connectivity index (χ2v) is 6.74. The van der Waals surface area contributed by atoms with Gasteiger partial charge in [-0.3, -0.25) is 4.90 Å². The van der Waals surface area contributed by atoms with Crippen LogP contribution < -0.4 is 9.80 Å². The fraction of sp³-hybridized carbons (Fsp3) is 0.474. The Morgan fingerprint density at radius 1 is 1.17 bits per heavy atom. The Labute approximate surface area is 167 Å². The maximum Gasteiger partial charge on any atom is 0.410 e. The summed E-state index contributed by atoms with van der Waals surface area (Å²) in [5, 5.41) is 1.60. The van der Waals surface area contributed by atoms with Crippen molar-refractivity contribution in [3.8, 4) is 5.75 Å². The number of rotatable bonds is 4. The van der Waals surface area contributed by atoms with Crippen molar-refractivity contribution in [3.05, 3.63) is 29.5 Å². The number of hydrogen-bond acceptors (Lipinski definition) is 9. The van der Waals surface area contributed by atoms with Gasteiger partial charge >= 0.3 is 12.1 Å². The number of benzene rings is 1. The van der Waals surface area contributed by atoms with Gasteiger partial charge in [0.25, 0.3) is 0 Å². The van der Waals surface area contributed by atoms with Crippen LogP contribution >= 0.6 is 0 Å². The minimum Gasteiger partial charge on any atom is -0.504 e. The van der Waals surface area contributed by atoms with E-state index in [1.807, 2.05) is 0 Å². The quantitative estimate of drug-likeness (QED) is 0.418. The van der Waals surface area contributed by atoms with Crippen LogP contribution in [0.15, 0.2) is 18.4 Å². The summed E-state index contributed by atoms with van der Waals surface area (Å²) in [5.74, 6) is -1.41. The van der Waals surface area contributed by atoms with E-state index in [9.17, 15) is 9.59 Å². The van der Waals surface area contributed by atoms with E-state index < -0.39 is 23.9 Å². The molecule has 3 aliphatic heterocycles. The van der Waals surface area contributed by atoms with E-state index in [0.29, 0.717) is 34.7 Å². The molecule has 1 aromatic carbocycles. The fourth-order valence-electron chi connectivity index (χ4n) is 4.21. The molecule has 0 saturated carbocycles. The summed E-state index contributed by atoms with van der Waals surface area (Å²) < 4.78 is 26.5. The first kappa shape index (κ1) is 19.3. The Hall–Kier alpha value is -2.98. The normalized spacial score (nSPS) is 27.7. The molecule has 10 heteroatoms. The lowest BCUT2D eigenvalue weighted by Gasteiger charge is -2.46. The van der Waals surface area contributed by atoms with E-state index in [1.165, 1.54) is 41.8 Å². The number of fused-ring (bicyclic) bond motifs is 6. The van der Waals surface area contributed by atoms with Crippen LogP contribution in [0.1, 0.15) is 15.9 Å². The van der Waals surface area contributed by atoms with Gasteiger partial charge in [-0.1, -0.05) is 0 Å². The summed E-state index contributed by atoms with van der Waals surface area (Å²) in [6.45, 7) is 0.367. The van der Waals surface area contributed by atoms with Crippen LogP contribution in [0.5, 0.6) is 5.75 Å². The zero-order valence-electron chi connectivity index (χ0n) is 16.8. The number of esters is 1. The number of methoxy groups -OCH3 is 5. The molecule has 0 N–H and O–H groups in total. The highest BCUT2D eigenvalue weighted by Crippen LogP contribution is 2.58. The molecule has 0 aliphatic carbocycles. The summed E-state index contributed by atoms with van der Waals surface area (Å²) in [7, 11) is 7.13. The highest BCUT2D eigenvalue weighted by atomic mass is 16.8. The number of hydroxylamine groups is 1. The first-order chi connectivity index (χ1) is 14.0. The van der Waals surface area contributed by atoms with Crippen LogP contribution in [0.25, 0.3) is 5.57 Å². The summed E-state index contributed by atoms with van der Waals surface area (Å²) in [6.07, 6.45) is 1.02. The molecule has 29 heavy (non-hydrogen) atoms. The molecule has 2 saturated heterocycles. The lowest BCUT2D eigenvalue weighted by molar-refractivity contribution is -0.204. The summed E-state index contributed by atoms with van der Waals surface area (Å²) >= 11 is 0. The summed E-state index contributed by atoms with van der Waals surface area (Å²) in [4.78, 5) is 32.2. The van der Waals surface area contributed by atoms with Crippen molar-refractivity contribution in [2.24, 2.45) is 0 Å². The third-order valence-electron chi connectivity index (χ3n) is 5.48. The average molecular weight is 406 g/mol. The number of carbonyl (C=O) groups excluding carboxylic acids is 2. The predicted molar refractivity (Wildman–Crippen MR) is 99.3 cm³/mol. The van der Waals surface area contributed by atoms with E-state index in [0.717, 1.165) is 0 Å². The first-order valence-electron chi connectivity index (χ1n) is 8.89. The molecule has 3 atom stereocenters. The maximum atomic E-state index is 12.3. The standard InChI is InChI=1S/C19H22N2O8/c1-24-9-11-15-12(6-10(17(22)26-3)7-14(15)25-2)20-8-13-16(19(11,28-5)29-20)21(13)18(23)27-4/h6-7,9,13,16H,8H2,1-5H3/b11-9-/t13-,16-,19?,21?/m0/s1. The predicted octanol–water partition coefficient (Wildman–Crippen LogP) is 1.40. The van der Waals surface area contributed by atoms with Crippen molar-refractivity contribution in [3.63, 3.8) is 0 Å². The van der Waals surface area contributed by atoms with Crippen LogP contribution in [0, 0.1) is 0 Å². The molecule has 1 unspecified atom stereocenters. The average Bonchev–Trinajstić information content (AvgIpc) is 3.49. The van der Waals surface area contributed by atoms with Gasteiger partial charge in [0.05, 0.1) is 69.7 Å². The number of ether oxygens (including phenoxy) is 5. The van der Waals surface area contributed by atoms with Gasteiger partial charge in [-0.2, -0.15) is 0 Å². The highest BCUT2D eigenvalue weighted by Gasteiger charge is 2.72. The third kappa shape index (κ3) is 2.56. The van der Waals surface area contributed by atoms with Gasteiger partial charge in [0.2, 0.25) is 5.79 Å².